The molecule has 1 saturated heterocycles. The molecule has 0 spiro atoms. The number of rotatable bonds is 4. The maximum absolute atomic E-state index is 12.0. The standard InChI is InChI=1S/C11H20FNO4S/c1-11(2,3)17-10(14)13-6-9(7-13)8-18(15,16)5-4-12/h9H,4-8H2,1-3H3. The van der Waals surface area contributed by atoms with Gasteiger partial charge in [0.05, 0.1) is 11.5 Å². The largest absolute Gasteiger partial charge is 0.444 e. The number of hydrogen-bond donors (Lipinski definition) is 0. The van der Waals surface area contributed by atoms with Crippen molar-refractivity contribution >= 4 is 15.9 Å². The summed E-state index contributed by atoms with van der Waals surface area (Å²) in [5, 5.41) is 0. The van der Waals surface area contributed by atoms with E-state index in [0.717, 1.165) is 0 Å². The van der Waals surface area contributed by atoms with Crippen LogP contribution in [0.25, 0.3) is 0 Å². The number of hydrogen-bond acceptors (Lipinski definition) is 4. The molecule has 0 bridgehead atoms. The van der Waals surface area contributed by atoms with Gasteiger partial charge in [-0.05, 0) is 20.8 Å². The molecule has 1 fully saturated rings. The molecule has 0 N–H and O–H groups in total. The van der Waals surface area contributed by atoms with Crippen molar-refractivity contribution in [1.82, 2.24) is 4.90 Å². The number of halogens is 1. The first-order valence-corrected chi connectivity index (χ1v) is 7.69. The maximum atomic E-state index is 12.0. The van der Waals surface area contributed by atoms with E-state index < -0.39 is 34.0 Å². The van der Waals surface area contributed by atoms with Crippen LogP contribution >= 0.6 is 0 Å². The van der Waals surface area contributed by atoms with E-state index in [4.69, 9.17) is 4.74 Å². The van der Waals surface area contributed by atoms with Crippen LogP contribution < -0.4 is 0 Å². The highest BCUT2D eigenvalue weighted by molar-refractivity contribution is 7.91. The molecule has 0 unspecified atom stereocenters. The van der Waals surface area contributed by atoms with Crippen LogP contribution in [-0.4, -0.2) is 56.3 Å². The molecule has 0 atom stereocenters. The van der Waals surface area contributed by atoms with Crippen molar-refractivity contribution in [3.8, 4) is 0 Å². The fraction of sp³-hybridized carbons (Fsp3) is 0.909. The minimum Gasteiger partial charge on any atom is -0.444 e. The van der Waals surface area contributed by atoms with Crippen LogP contribution in [0.4, 0.5) is 9.18 Å². The lowest BCUT2D eigenvalue weighted by Gasteiger charge is -2.39. The number of carbonyl (C=O) groups excluding carboxylic acids is 1. The molecule has 106 valence electrons. The molecule has 5 nitrogen and oxygen atoms in total. The van der Waals surface area contributed by atoms with Crippen LogP contribution in [0, 0.1) is 5.92 Å². The van der Waals surface area contributed by atoms with Gasteiger partial charge < -0.3 is 9.64 Å². The Labute approximate surface area is 107 Å². The zero-order chi connectivity index (χ0) is 14.0. The first-order valence-electron chi connectivity index (χ1n) is 5.87. The van der Waals surface area contributed by atoms with E-state index in [9.17, 15) is 17.6 Å². The molecular weight excluding hydrogens is 261 g/mol. The summed E-state index contributed by atoms with van der Waals surface area (Å²) in [6.07, 6.45) is -0.429. The predicted molar refractivity (Wildman–Crippen MR) is 65.9 cm³/mol. The highest BCUT2D eigenvalue weighted by atomic mass is 32.2. The zero-order valence-electron chi connectivity index (χ0n) is 11.0. The monoisotopic (exact) mass is 281 g/mol. The van der Waals surface area contributed by atoms with Gasteiger partial charge in [0.25, 0.3) is 0 Å². The maximum Gasteiger partial charge on any atom is 0.410 e. The Bertz CT molecular complexity index is 396. The molecule has 0 aromatic heterocycles. The molecule has 18 heavy (non-hydrogen) atoms. The number of amides is 1. The van der Waals surface area contributed by atoms with Crippen molar-refractivity contribution < 1.29 is 22.3 Å². The molecule has 0 aliphatic carbocycles. The molecular formula is C11H20FNO4S. The summed E-state index contributed by atoms with van der Waals surface area (Å²) >= 11 is 0. The Morgan fingerprint density at radius 3 is 2.39 bits per heavy atom. The highest BCUT2D eigenvalue weighted by Crippen LogP contribution is 2.21. The van der Waals surface area contributed by atoms with E-state index in [1.165, 1.54) is 4.90 Å². The van der Waals surface area contributed by atoms with E-state index >= 15 is 0 Å². The second-order valence-corrected chi connectivity index (χ2v) is 7.78. The normalized spacial score (nSPS) is 17.4. The smallest absolute Gasteiger partial charge is 0.410 e. The van der Waals surface area contributed by atoms with Crippen LogP contribution in [0.5, 0.6) is 0 Å². The average molecular weight is 281 g/mol. The molecule has 1 aliphatic rings. The number of likely N-dealkylation sites (tertiary alicyclic amines) is 1. The fourth-order valence-corrected chi connectivity index (χ4v) is 3.04. The van der Waals surface area contributed by atoms with E-state index in [1.807, 2.05) is 0 Å². The summed E-state index contributed by atoms with van der Waals surface area (Å²) in [5.74, 6) is -0.597. The lowest BCUT2D eigenvalue weighted by molar-refractivity contribution is 0.00191. The number of alkyl halides is 1. The van der Waals surface area contributed by atoms with Crippen molar-refractivity contribution in [3.05, 3.63) is 0 Å². The van der Waals surface area contributed by atoms with Crippen molar-refractivity contribution in [3.63, 3.8) is 0 Å². The number of carbonyl (C=O) groups is 1. The summed E-state index contributed by atoms with van der Waals surface area (Å²) in [5.41, 5.74) is -0.553. The van der Waals surface area contributed by atoms with Gasteiger partial charge in [-0.25, -0.2) is 17.6 Å². The lowest BCUT2D eigenvalue weighted by Crippen LogP contribution is -2.53. The molecule has 7 heteroatoms. The number of nitrogens with zero attached hydrogens (tertiary/aromatic N) is 1. The van der Waals surface area contributed by atoms with Crippen molar-refractivity contribution in [1.29, 1.82) is 0 Å². The first-order chi connectivity index (χ1) is 8.13. The zero-order valence-corrected chi connectivity index (χ0v) is 11.8. The van der Waals surface area contributed by atoms with E-state index in [-0.39, 0.29) is 11.7 Å². The predicted octanol–water partition coefficient (Wildman–Crippen LogP) is 1.24. The molecule has 1 rings (SSSR count). The minimum absolute atomic E-state index is 0.0593. The number of ether oxygens (including phenoxy) is 1. The Kier molecular flexibility index (Phi) is 4.58. The van der Waals surface area contributed by atoms with Crippen LogP contribution in [0.1, 0.15) is 20.8 Å². The van der Waals surface area contributed by atoms with Crippen LogP contribution in [0.3, 0.4) is 0 Å². The Morgan fingerprint density at radius 1 is 1.39 bits per heavy atom. The summed E-state index contributed by atoms with van der Waals surface area (Å²) < 4.78 is 39.9. The Balaban J connectivity index is 2.34. The average Bonchev–Trinajstić information content (AvgIpc) is 2.07. The SMILES string of the molecule is CC(C)(C)OC(=O)N1CC(CS(=O)(=O)CCF)C1. The quantitative estimate of drug-likeness (QED) is 0.777. The molecule has 1 aliphatic heterocycles. The van der Waals surface area contributed by atoms with Crippen molar-refractivity contribution in [2.24, 2.45) is 5.92 Å². The van der Waals surface area contributed by atoms with Gasteiger partial charge in [-0.3, -0.25) is 0 Å². The lowest BCUT2D eigenvalue weighted by atomic mass is 10.0. The van der Waals surface area contributed by atoms with Gasteiger partial charge in [-0.1, -0.05) is 0 Å². The van der Waals surface area contributed by atoms with Gasteiger partial charge >= 0.3 is 6.09 Å². The Hall–Kier alpha value is -0.850. The third-order valence-electron chi connectivity index (χ3n) is 2.49. The van der Waals surface area contributed by atoms with Gasteiger partial charge in [-0.15, -0.1) is 0 Å². The molecule has 0 aromatic rings. The van der Waals surface area contributed by atoms with Crippen LogP contribution in [-0.2, 0) is 14.6 Å². The molecule has 0 radical (unpaired) electrons. The third-order valence-corrected chi connectivity index (χ3v) is 4.24. The topological polar surface area (TPSA) is 63.7 Å². The summed E-state index contributed by atoms with van der Waals surface area (Å²) in [6, 6.07) is 0. The fourth-order valence-electron chi connectivity index (χ4n) is 1.71. The minimum atomic E-state index is -3.33. The molecule has 1 amide bonds. The van der Waals surface area contributed by atoms with Gasteiger partial charge in [0.1, 0.15) is 12.3 Å². The van der Waals surface area contributed by atoms with Crippen molar-refractivity contribution in [2.75, 3.05) is 31.3 Å². The van der Waals surface area contributed by atoms with E-state index in [0.29, 0.717) is 13.1 Å². The highest BCUT2D eigenvalue weighted by Gasteiger charge is 2.35. The molecule has 0 saturated carbocycles. The van der Waals surface area contributed by atoms with Crippen molar-refractivity contribution in [2.45, 2.75) is 26.4 Å². The summed E-state index contributed by atoms with van der Waals surface area (Å²) in [7, 11) is -3.33. The second-order valence-electron chi connectivity index (χ2n) is 5.55. The number of sulfone groups is 1. The second kappa shape index (κ2) is 5.42. The molecule has 0 aromatic carbocycles. The molecule has 1 heterocycles. The summed E-state index contributed by atoms with van der Waals surface area (Å²) in [4.78, 5) is 13.0. The Morgan fingerprint density at radius 2 is 1.94 bits per heavy atom. The van der Waals surface area contributed by atoms with Gasteiger partial charge in [0.2, 0.25) is 0 Å². The third kappa shape index (κ3) is 4.80. The van der Waals surface area contributed by atoms with Gasteiger partial charge in [-0.2, -0.15) is 0 Å². The van der Waals surface area contributed by atoms with Crippen LogP contribution in [0.2, 0.25) is 0 Å². The van der Waals surface area contributed by atoms with E-state index in [2.05, 4.69) is 0 Å². The van der Waals surface area contributed by atoms with E-state index in [1.54, 1.807) is 20.8 Å². The van der Waals surface area contributed by atoms with Gasteiger partial charge in [0, 0.05) is 19.0 Å². The van der Waals surface area contributed by atoms with Crippen LogP contribution in [0.15, 0.2) is 0 Å². The summed E-state index contributed by atoms with van der Waals surface area (Å²) in [6.45, 7) is 5.18. The first kappa shape index (κ1) is 15.2. The van der Waals surface area contributed by atoms with Gasteiger partial charge in [0.15, 0.2) is 9.84 Å².